The Bertz CT molecular complexity index is 1480. The van der Waals surface area contributed by atoms with Crippen LogP contribution in [0.25, 0.3) is 0 Å². The summed E-state index contributed by atoms with van der Waals surface area (Å²) in [5, 5.41) is 0.214. The third-order valence-electron chi connectivity index (χ3n) is 7.30. The van der Waals surface area contributed by atoms with Gasteiger partial charge in [-0.05, 0) is 61.1 Å². The fourth-order valence-corrected chi connectivity index (χ4v) is 5.54. The van der Waals surface area contributed by atoms with Crippen LogP contribution in [0, 0.1) is 11.8 Å². The monoisotopic (exact) mass is 559 g/mol. The number of rotatable bonds is 6. The average Bonchev–Trinajstić information content (AvgIpc) is 3.24. The summed E-state index contributed by atoms with van der Waals surface area (Å²) in [7, 11) is 0. The van der Waals surface area contributed by atoms with E-state index in [1.54, 1.807) is 24.3 Å². The Morgan fingerprint density at radius 1 is 0.850 bits per heavy atom. The van der Waals surface area contributed by atoms with Crippen LogP contribution in [0.15, 0.2) is 78.9 Å². The molecule has 2 fully saturated rings. The number of fused-ring (bicyclic) bond motifs is 1. The van der Waals surface area contributed by atoms with Gasteiger partial charge in [-0.3, -0.25) is 34.9 Å². The molecular formula is C30H26ClN3O6. The van der Waals surface area contributed by atoms with Crippen molar-refractivity contribution >= 4 is 46.9 Å². The number of hydrogen-bond acceptors (Lipinski definition) is 6. The van der Waals surface area contributed by atoms with Crippen molar-refractivity contribution in [3.63, 3.8) is 0 Å². The molecule has 5 rings (SSSR count). The molecule has 0 radical (unpaired) electrons. The van der Waals surface area contributed by atoms with Gasteiger partial charge < -0.3 is 4.74 Å². The van der Waals surface area contributed by atoms with E-state index in [2.05, 4.69) is 10.9 Å². The molecule has 204 valence electrons. The van der Waals surface area contributed by atoms with Crippen LogP contribution in [0.4, 0.5) is 5.69 Å². The first kappa shape index (κ1) is 27.1. The van der Waals surface area contributed by atoms with Crippen molar-refractivity contribution in [3.05, 3.63) is 101 Å². The standard InChI is InChI=1S/C30H26ClN3O6/c31-25-12-5-4-11-23(25)27(36)33-32-26(35)17-40-30(39)20-9-6-10-21(15-20)34-28(37)22-14-13-19(16-24(22)29(34)38)18-7-2-1-3-8-18/h1-12,15,19,22,24H,13-14,16-17H2,(H,32,35)(H,33,36)/t19-,22+,24+/m0/s1. The summed E-state index contributed by atoms with van der Waals surface area (Å²) in [6, 6.07) is 22.3. The molecule has 3 aromatic carbocycles. The van der Waals surface area contributed by atoms with E-state index >= 15 is 0 Å². The van der Waals surface area contributed by atoms with Gasteiger partial charge in [-0.15, -0.1) is 0 Å². The lowest BCUT2D eigenvalue weighted by Crippen LogP contribution is -2.43. The molecule has 2 N–H and O–H groups in total. The quantitative estimate of drug-likeness (QED) is 0.267. The summed E-state index contributed by atoms with van der Waals surface area (Å²) >= 11 is 5.96. The predicted molar refractivity (Wildman–Crippen MR) is 146 cm³/mol. The maximum absolute atomic E-state index is 13.4. The van der Waals surface area contributed by atoms with Crippen LogP contribution in [0.2, 0.25) is 5.02 Å². The number of anilines is 1. The number of hydrazine groups is 1. The number of esters is 1. The van der Waals surface area contributed by atoms with Gasteiger partial charge in [0.2, 0.25) is 11.8 Å². The first-order valence-electron chi connectivity index (χ1n) is 12.9. The maximum atomic E-state index is 13.4. The molecule has 0 bridgehead atoms. The smallest absolute Gasteiger partial charge is 0.338 e. The van der Waals surface area contributed by atoms with Gasteiger partial charge in [-0.1, -0.05) is 60.1 Å². The van der Waals surface area contributed by atoms with Crippen LogP contribution >= 0.6 is 11.6 Å². The number of amides is 4. The Morgan fingerprint density at radius 2 is 1.57 bits per heavy atom. The van der Waals surface area contributed by atoms with Crippen LogP contribution in [0.3, 0.4) is 0 Å². The third kappa shape index (κ3) is 5.60. The lowest BCUT2D eigenvalue weighted by Gasteiger charge is -2.28. The fraction of sp³-hybridized carbons (Fsp3) is 0.233. The molecular weight excluding hydrogens is 534 g/mol. The van der Waals surface area contributed by atoms with Crippen molar-refractivity contribution in [1.29, 1.82) is 0 Å². The topological polar surface area (TPSA) is 122 Å². The Hall–Kier alpha value is -4.50. The van der Waals surface area contributed by atoms with Gasteiger partial charge >= 0.3 is 5.97 Å². The second kappa shape index (κ2) is 11.7. The molecule has 3 aromatic rings. The van der Waals surface area contributed by atoms with E-state index in [1.165, 1.54) is 24.3 Å². The highest BCUT2D eigenvalue weighted by atomic mass is 35.5. The molecule has 2 aliphatic rings. The maximum Gasteiger partial charge on any atom is 0.338 e. The SMILES string of the molecule is O=C(COC(=O)c1cccc(N2C(=O)[C@@H]3CC[C@H](c4ccccc4)C[C@H]3C2=O)c1)NNC(=O)c1ccccc1Cl. The molecule has 1 heterocycles. The van der Waals surface area contributed by atoms with Gasteiger partial charge in [0.05, 0.1) is 33.7 Å². The Kier molecular flexibility index (Phi) is 7.93. The Balaban J connectivity index is 1.19. The van der Waals surface area contributed by atoms with E-state index in [0.29, 0.717) is 12.8 Å². The first-order chi connectivity index (χ1) is 19.3. The summed E-state index contributed by atoms with van der Waals surface area (Å²) in [4.78, 5) is 64.7. The predicted octanol–water partition coefficient (Wildman–Crippen LogP) is 4.03. The first-order valence-corrected chi connectivity index (χ1v) is 13.2. The molecule has 9 nitrogen and oxygen atoms in total. The van der Waals surface area contributed by atoms with Crippen molar-refractivity contribution < 1.29 is 28.7 Å². The van der Waals surface area contributed by atoms with Gasteiger partial charge in [-0.25, -0.2) is 4.79 Å². The van der Waals surface area contributed by atoms with Crippen LogP contribution in [-0.4, -0.2) is 36.2 Å². The number of halogens is 1. The minimum Gasteiger partial charge on any atom is -0.452 e. The van der Waals surface area contributed by atoms with E-state index in [9.17, 15) is 24.0 Å². The van der Waals surface area contributed by atoms with Gasteiger partial charge in [0.15, 0.2) is 6.61 Å². The minimum atomic E-state index is -0.824. The number of carbonyl (C=O) groups excluding carboxylic acids is 5. The molecule has 1 saturated carbocycles. The normalized spacial score (nSPS) is 20.0. The second-order valence-electron chi connectivity index (χ2n) is 9.75. The lowest BCUT2D eigenvalue weighted by atomic mass is 9.73. The third-order valence-corrected chi connectivity index (χ3v) is 7.63. The molecule has 0 aromatic heterocycles. The minimum absolute atomic E-state index is 0.0723. The molecule has 0 spiro atoms. The van der Waals surface area contributed by atoms with E-state index in [-0.39, 0.29) is 45.5 Å². The molecule has 1 aliphatic heterocycles. The Labute approximate surface area is 235 Å². The van der Waals surface area contributed by atoms with Crippen LogP contribution in [-0.2, 0) is 19.1 Å². The summed E-state index contributed by atoms with van der Waals surface area (Å²) in [6.07, 6.45) is 2.04. The van der Waals surface area contributed by atoms with E-state index in [4.69, 9.17) is 16.3 Å². The highest BCUT2D eigenvalue weighted by Gasteiger charge is 2.50. The zero-order chi connectivity index (χ0) is 28.2. The van der Waals surface area contributed by atoms with Crippen molar-refractivity contribution in [1.82, 2.24) is 10.9 Å². The number of carbonyl (C=O) groups is 5. The summed E-state index contributed by atoms with van der Waals surface area (Å²) in [5.41, 5.74) is 6.04. The van der Waals surface area contributed by atoms with E-state index in [1.807, 2.05) is 30.3 Å². The van der Waals surface area contributed by atoms with Crippen molar-refractivity contribution in [2.45, 2.75) is 25.2 Å². The summed E-state index contributed by atoms with van der Waals surface area (Å²) < 4.78 is 5.06. The number of nitrogens with one attached hydrogen (secondary N) is 2. The summed E-state index contributed by atoms with van der Waals surface area (Å²) in [6.45, 7) is -0.668. The van der Waals surface area contributed by atoms with Crippen LogP contribution < -0.4 is 15.8 Å². The lowest BCUT2D eigenvalue weighted by molar-refractivity contribution is -0.125. The molecule has 1 aliphatic carbocycles. The molecule has 1 saturated heterocycles. The van der Waals surface area contributed by atoms with Crippen LogP contribution in [0.5, 0.6) is 0 Å². The largest absolute Gasteiger partial charge is 0.452 e. The Morgan fingerprint density at radius 3 is 2.35 bits per heavy atom. The van der Waals surface area contributed by atoms with Crippen molar-refractivity contribution in [3.8, 4) is 0 Å². The fourth-order valence-electron chi connectivity index (χ4n) is 5.32. The van der Waals surface area contributed by atoms with Gasteiger partial charge in [0.25, 0.3) is 11.8 Å². The molecule has 40 heavy (non-hydrogen) atoms. The molecule has 4 amide bonds. The number of nitrogens with zero attached hydrogens (tertiary/aromatic N) is 1. The number of hydrogen-bond donors (Lipinski definition) is 2. The summed E-state index contributed by atoms with van der Waals surface area (Å²) in [5.74, 6) is -3.34. The molecule has 10 heteroatoms. The van der Waals surface area contributed by atoms with E-state index < -0.39 is 30.3 Å². The van der Waals surface area contributed by atoms with Crippen molar-refractivity contribution in [2.24, 2.45) is 11.8 Å². The number of imide groups is 1. The zero-order valence-electron chi connectivity index (χ0n) is 21.3. The van der Waals surface area contributed by atoms with Gasteiger partial charge in [0.1, 0.15) is 0 Å². The highest BCUT2D eigenvalue weighted by molar-refractivity contribution is 6.33. The second-order valence-corrected chi connectivity index (χ2v) is 10.2. The van der Waals surface area contributed by atoms with Crippen LogP contribution in [0.1, 0.15) is 51.5 Å². The van der Waals surface area contributed by atoms with Crippen molar-refractivity contribution in [2.75, 3.05) is 11.5 Å². The average molecular weight is 560 g/mol. The molecule has 3 atom stereocenters. The molecule has 0 unspecified atom stereocenters. The highest BCUT2D eigenvalue weighted by Crippen LogP contribution is 2.45. The zero-order valence-corrected chi connectivity index (χ0v) is 22.1. The number of benzene rings is 3. The van der Waals surface area contributed by atoms with E-state index in [0.717, 1.165) is 16.9 Å². The van der Waals surface area contributed by atoms with Gasteiger partial charge in [-0.2, -0.15) is 0 Å². The van der Waals surface area contributed by atoms with Gasteiger partial charge in [0, 0.05) is 0 Å². The number of ether oxygens (including phenoxy) is 1.